The van der Waals surface area contributed by atoms with Gasteiger partial charge in [-0.05, 0) is 53.6 Å². The molecule has 0 aliphatic carbocycles. The van der Waals surface area contributed by atoms with Crippen LogP contribution >= 0.6 is 0 Å². The number of aromatic nitrogens is 1. The molecule has 1 aromatic heterocycles. The number of nitrogens with zero attached hydrogens (tertiary/aromatic N) is 2. The maximum absolute atomic E-state index is 14.7. The SMILES string of the molecule is Cn1c(=O)c(-c2cccc3c(C[C@H](NC(=O)C4(C)CC5CCC(C4)N5CC(F)(F)F)C(=O)O)cccc23)c(C(F)(F)F)c2ccccc21. The van der Waals surface area contributed by atoms with Crippen LogP contribution in [0.4, 0.5) is 26.3 Å². The van der Waals surface area contributed by atoms with Crippen molar-refractivity contribution in [2.24, 2.45) is 12.5 Å². The number of fused-ring (bicyclic) bond motifs is 4. The Labute approximate surface area is 271 Å². The molecule has 2 saturated heterocycles. The number of carboxylic acid groups (broad SMARTS) is 1. The number of para-hydroxylation sites is 1. The highest BCUT2D eigenvalue weighted by Crippen LogP contribution is 2.47. The second-order valence-corrected chi connectivity index (χ2v) is 13.2. The summed E-state index contributed by atoms with van der Waals surface area (Å²) in [6.07, 6.45) is -8.15. The third-order valence-electron chi connectivity index (χ3n) is 9.95. The molecule has 1 amide bonds. The van der Waals surface area contributed by atoms with Crippen molar-refractivity contribution in [3.05, 3.63) is 82.1 Å². The van der Waals surface area contributed by atoms with Crippen LogP contribution in [0.3, 0.4) is 0 Å². The Bertz CT molecular complexity index is 1970. The maximum atomic E-state index is 14.7. The molecule has 13 heteroatoms. The molecule has 0 spiro atoms. The highest BCUT2D eigenvalue weighted by atomic mass is 19.4. The Morgan fingerprint density at radius 3 is 2.15 bits per heavy atom. The minimum Gasteiger partial charge on any atom is -0.480 e. The van der Waals surface area contributed by atoms with E-state index in [1.54, 1.807) is 37.3 Å². The average Bonchev–Trinajstić information content (AvgIpc) is 3.23. The van der Waals surface area contributed by atoms with Crippen LogP contribution in [-0.2, 0) is 29.2 Å². The number of alkyl halides is 6. The molecule has 0 saturated carbocycles. The van der Waals surface area contributed by atoms with Gasteiger partial charge < -0.3 is 15.0 Å². The van der Waals surface area contributed by atoms with Crippen molar-refractivity contribution < 1.29 is 41.0 Å². The Kier molecular flexibility index (Phi) is 8.33. The molecule has 2 N–H and O–H groups in total. The minimum atomic E-state index is -4.88. The van der Waals surface area contributed by atoms with Crippen LogP contribution in [0.5, 0.6) is 0 Å². The Morgan fingerprint density at radius 2 is 1.52 bits per heavy atom. The van der Waals surface area contributed by atoms with Gasteiger partial charge in [0.1, 0.15) is 6.04 Å². The lowest BCUT2D eigenvalue weighted by Crippen LogP contribution is -2.56. The second kappa shape index (κ2) is 11.9. The largest absolute Gasteiger partial charge is 0.480 e. The van der Waals surface area contributed by atoms with Crippen LogP contribution in [-0.4, -0.2) is 57.3 Å². The van der Waals surface area contributed by atoms with Crippen molar-refractivity contribution in [3.8, 4) is 11.1 Å². The molecule has 2 aliphatic rings. The van der Waals surface area contributed by atoms with Crippen molar-refractivity contribution in [1.82, 2.24) is 14.8 Å². The van der Waals surface area contributed by atoms with E-state index in [1.165, 1.54) is 46.8 Å². The number of pyridine rings is 1. The fourth-order valence-electron chi connectivity index (χ4n) is 7.79. The van der Waals surface area contributed by atoms with Crippen LogP contribution in [0.15, 0.2) is 65.5 Å². The molecule has 4 aromatic rings. The van der Waals surface area contributed by atoms with Gasteiger partial charge >= 0.3 is 18.3 Å². The predicted molar refractivity (Wildman–Crippen MR) is 167 cm³/mol. The second-order valence-electron chi connectivity index (χ2n) is 13.2. The summed E-state index contributed by atoms with van der Waals surface area (Å²) in [6.45, 7) is 0.584. The average molecular weight is 674 g/mol. The number of hydrogen-bond acceptors (Lipinski definition) is 4. The number of piperidine rings is 1. The first-order valence-corrected chi connectivity index (χ1v) is 15.5. The molecule has 2 bridgehead atoms. The zero-order valence-electron chi connectivity index (χ0n) is 26.1. The number of nitrogens with one attached hydrogen (secondary N) is 1. The summed E-state index contributed by atoms with van der Waals surface area (Å²) >= 11 is 0. The van der Waals surface area contributed by atoms with E-state index in [0.29, 0.717) is 29.2 Å². The van der Waals surface area contributed by atoms with Crippen molar-refractivity contribution in [3.63, 3.8) is 0 Å². The smallest absolute Gasteiger partial charge is 0.417 e. The predicted octanol–water partition coefficient (Wildman–Crippen LogP) is 6.68. The third-order valence-corrected chi connectivity index (χ3v) is 9.95. The van der Waals surface area contributed by atoms with Crippen LogP contribution in [0.25, 0.3) is 32.8 Å². The van der Waals surface area contributed by atoms with E-state index in [0.717, 1.165) is 0 Å². The first kappa shape index (κ1) is 33.5. The van der Waals surface area contributed by atoms with Crippen LogP contribution in [0.1, 0.15) is 43.7 Å². The van der Waals surface area contributed by atoms with E-state index in [-0.39, 0.29) is 35.7 Å². The van der Waals surface area contributed by atoms with E-state index in [4.69, 9.17) is 0 Å². The lowest BCUT2D eigenvalue weighted by molar-refractivity contribution is -0.162. The lowest BCUT2D eigenvalue weighted by atomic mass is 9.75. The van der Waals surface area contributed by atoms with Gasteiger partial charge in [-0.15, -0.1) is 0 Å². The quantitative estimate of drug-likeness (QED) is 0.214. The Hall–Kier alpha value is -4.39. The zero-order valence-corrected chi connectivity index (χ0v) is 26.1. The molecule has 3 atom stereocenters. The van der Waals surface area contributed by atoms with Crippen LogP contribution in [0.2, 0.25) is 0 Å². The monoisotopic (exact) mass is 673 g/mol. The summed E-state index contributed by atoms with van der Waals surface area (Å²) in [7, 11) is 1.40. The molecular formula is C35H33F6N3O4. The van der Waals surface area contributed by atoms with E-state index >= 15 is 0 Å². The third kappa shape index (κ3) is 6.04. The summed E-state index contributed by atoms with van der Waals surface area (Å²) in [5, 5.41) is 13.3. The van der Waals surface area contributed by atoms with Crippen molar-refractivity contribution in [1.29, 1.82) is 0 Å². The van der Waals surface area contributed by atoms with E-state index in [2.05, 4.69) is 5.32 Å². The van der Waals surface area contributed by atoms with E-state index < -0.39 is 71.0 Å². The van der Waals surface area contributed by atoms with Crippen molar-refractivity contribution in [2.45, 2.75) is 69.5 Å². The number of hydrogen-bond donors (Lipinski definition) is 2. The zero-order chi connectivity index (χ0) is 34.8. The fraction of sp³-hybridized carbons (Fsp3) is 0.400. The number of carbonyl (C=O) groups excluding carboxylic acids is 1. The van der Waals surface area contributed by atoms with Gasteiger partial charge in [-0.1, -0.05) is 61.5 Å². The summed E-state index contributed by atoms with van der Waals surface area (Å²) in [4.78, 5) is 41.0. The molecule has 7 nitrogen and oxygen atoms in total. The molecule has 2 unspecified atom stereocenters. The van der Waals surface area contributed by atoms with E-state index in [1.807, 2.05) is 0 Å². The molecule has 3 heterocycles. The van der Waals surface area contributed by atoms with Crippen molar-refractivity contribution in [2.75, 3.05) is 6.54 Å². The maximum Gasteiger partial charge on any atom is 0.417 e. The first-order chi connectivity index (χ1) is 22.5. The van der Waals surface area contributed by atoms with Gasteiger partial charge in [0.25, 0.3) is 5.56 Å². The summed E-state index contributed by atoms with van der Waals surface area (Å²) in [5.74, 6) is -1.92. The molecule has 48 heavy (non-hydrogen) atoms. The highest BCUT2D eigenvalue weighted by Gasteiger charge is 2.52. The number of aryl methyl sites for hydroxylation is 1. The summed E-state index contributed by atoms with van der Waals surface area (Å²) in [5.41, 5.74) is -2.98. The van der Waals surface area contributed by atoms with Gasteiger partial charge in [0.15, 0.2) is 0 Å². The lowest BCUT2D eigenvalue weighted by Gasteiger charge is -2.44. The number of rotatable bonds is 7. The highest BCUT2D eigenvalue weighted by molar-refractivity contribution is 6.02. The van der Waals surface area contributed by atoms with Gasteiger partial charge in [-0.25, -0.2) is 4.79 Å². The van der Waals surface area contributed by atoms with Crippen LogP contribution in [0, 0.1) is 5.41 Å². The number of carbonyl (C=O) groups is 2. The number of halogens is 6. The molecular weight excluding hydrogens is 640 g/mol. The first-order valence-electron chi connectivity index (χ1n) is 15.5. The van der Waals surface area contributed by atoms with E-state index in [9.17, 15) is 45.8 Å². The van der Waals surface area contributed by atoms with Gasteiger partial charge in [-0.3, -0.25) is 14.5 Å². The number of benzene rings is 3. The molecule has 6 rings (SSSR count). The van der Waals surface area contributed by atoms with Crippen LogP contribution < -0.4 is 10.9 Å². The summed E-state index contributed by atoms with van der Waals surface area (Å²) < 4.78 is 84.7. The minimum absolute atomic E-state index is 0.0255. The molecule has 2 fully saturated rings. The Balaban J connectivity index is 1.34. The number of carboxylic acids is 1. The fourth-order valence-corrected chi connectivity index (χ4v) is 7.79. The number of aliphatic carboxylic acids is 1. The molecule has 254 valence electrons. The molecule has 2 aliphatic heterocycles. The van der Waals surface area contributed by atoms with Gasteiger partial charge in [0.2, 0.25) is 5.91 Å². The topological polar surface area (TPSA) is 91.6 Å². The van der Waals surface area contributed by atoms with Gasteiger partial charge in [0, 0.05) is 36.4 Å². The normalized spacial score (nSPS) is 22.2. The summed E-state index contributed by atoms with van der Waals surface area (Å²) in [6, 6.07) is 12.7. The molecule has 3 aromatic carbocycles. The van der Waals surface area contributed by atoms with Crippen molar-refractivity contribution >= 4 is 33.6 Å². The number of amides is 1. The molecule has 0 radical (unpaired) electrons. The Morgan fingerprint density at radius 1 is 0.917 bits per heavy atom. The standard InChI is InChI=1S/C35H33F6N3O4/c1-33(16-20-13-14-21(17-33)44(20)18-34(36,37)38)32(48)42-26(31(46)47)15-19-7-5-10-23-22(19)9-6-11-24(23)28-29(35(39,40)41)25-8-3-4-12-27(25)43(2)30(28)45/h3-12,20-21,26H,13-18H2,1-2H3,(H,42,48)(H,46,47)/t20?,21?,26-,33?/m0/s1. The van der Waals surface area contributed by atoms with Gasteiger partial charge in [-0.2, -0.15) is 26.3 Å². The van der Waals surface area contributed by atoms with Gasteiger partial charge in [0.05, 0.1) is 23.2 Å².